The highest BCUT2D eigenvalue weighted by molar-refractivity contribution is 6.31. The van der Waals surface area contributed by atoms with Crippen molar-refractivity contribution in [2.45, 2.75) is 37.1 Å². The summed E-state index contributed by atoms with van der Waals surface area (Å²) >= 11 is 6.22. The highest BCUT2D eigenvalue weighted by Gasteiger charge is 2.37. The van der Waals surface area contributed by atoms with Crippen LogP contribution in [-0.2, 0) is 30.5 Å². The number of carbonyl (C=O) groups is 1. The van der Waals surface area contributed by atoms with Gasteiger partial charge in [-0.15, -0.1) is 11.6 Å². The van der Waals surface area contributed by atoms with E-state index in [1.54, 1.807) is 0 Å². The van der Waals surface area contributed by atoms with Gasteiger partial charge < -0.3 is 4.57 Å². The maximum Gasteiger partial charge on any atom is 0.416 e. The van der Waals surface area contributed by atoms with Gasteiger partial charge in [-0.05, 0) is 23.8 Å². The number of aromatic nitrogens is 2. The lowest BCUT2D eigenvalue weighted by atomic mass is 10.0. The molecule has 0 bridgehead atoms. The fourth-order valence-electron chi connectivity index (χ4n) is 3.85. The van der Waals surface area contributed by atoms with Gasteiger partial charge in [-0.3, -0.25) is 15.1 Å². The Bertz CT molecular complexity index is 931. The number of carbonyl (C=O) groups excluding carboxylic acids is 1. The van der Waals surface area contributed by atoms with Crippen LogP contribution in [0, 0.1) is 5.82 Å². The molecule has 2 aliphatic rings. The number of halogens is 5. The third-order valence-corrected chi connectivity index (χ3v) is 5.79. The van der Waals surface area contributed by atoms with Crippen LogP contribution in [-0.4, -0.2) is 44.9 Å². The van der Waals surface area contributed by atoms with E-state index in [1.165, 1.54) is 6.20 Å². The van der Waals surface area contributed by atoms with Crippen molar-refractivity contribution < 1.29 is 22.4 Å². The third-order valence-electron chi connectivity index (χ3n) is 5.30. The van der Waals surface area contributed by atoms with E-state index in [-0.39, 0.29) is 23.9 Å². The Balaban J connectivity index is 1.55. The molecule has 1 amide bonds. The number of fused-ring (bicyclic) bond motifs is 1. The Kier molecular flexibility index (Phi) is 5.26. The van der Waals surface area contributed by atoms with Gasteiger partial charge in [-0.25, -0.2) is 14.8 Å². The minimum atomic E-state index is -4.56. The monoisotopic (exact) mass is 431 g/mol. The molecule has 1 aromatic carbocycles. The number of hydrazine groups is 1. The Morgan fingerprint density at radius 3 is 2.83 bits per heavy atom. The summed E-state index contributed by atoms with van der Waals surface area (Å²) in [6.45, 7) is 1.95. The average molecular weight is 432 g/mol. The zero-order valence-corrected chi connectivity index (χ0v) is 15.9. The second-order valence-corrected chi connectivity index (χ2v) is 7.57. The van der Waals surface area contributed by atoms with Gasteiger partial charge >= 0.3 is 6.18 Å². The van der Waals surface area contributed by atoms with Crippen LogP contribution in [0.3, 0.4) is 0 Å². The molecule has 11 heteroatoms. The number of imidazole rings is 1. The zero-order chi connectivity index (χ0) is 20.8. The van der Waals surface area contributed by atoms with Crippen LogP contribution in [0.2, 0.25) is 0 Å². The molecule has 1 fully saturated rings. The SMILES string of the molecule is O=C1NNCC(N2CCn3c(Cc4cc(F)ccc4C(F)(F)F)cnc3C2)C1Cl. The van der Waals surface area contributed by atoms with E-state index in [9.17, 15) is 22.4 Å². The maximum atomic E-state index is 13.6. The van der Waals surface area contributed by atoms with Gasteiger partial charge in [0, 0.05) is 44.0 Å². The lowest BCUT2D eigenvalue weighted by Crippen LogP contribution is -2.62. The Morgan fingerprint density at radius 2 is 2.07 bits per heavy atom. The van der Waals surface area contributed by atoms with Gasteiger partial charge in [0.05, 0.1) is 12.1 Å². The molecule has 0 saturated carbocycles. The molecule has 0 spiro atoms. The van der Waals surface area contributed by atoms with Crippen LogP contribution in [0.25, 0.3) is 0 Å². The quantitative estimate of drug-likeness (QED) is 0.577. The standard InChI is InChI=1S/C18H18ClF4N5O/c19-16-14(8-25-26-17(16)29)27-3-4-28-12(7-24-15(28)9-27)6-10-5-11(20)1-2-13(10)18(21,22)23/h1-2,5,7,14,16,25H,3-4,6,8-9H2,(H,26,29). The predicted octanol–water partition coefficient (Wildman–Crippen LogP) is 2.06. The molecule has 2 aromatic rings. The van der Waals surface area contributed by atoms with Crippen molar-refractivity contribution >= 4 is 17.5 Å². The number of benzene rings is 1. The molecule has 2 unspecified atom stereocenters. The van der Waals surface area contributed by atoms with Gasteiger partial charge in [0.15, 0.2) is 0 Å². The van der Waals surface area contributed by atoms with Crippen LogP contribution < -0.4 is 10.9 Å². The second-order valence-electron chi connectivity index (χ2n) is 7.10. The number of rotatable bonds is 3. The number of amides is 1. The Morgan fingerprint density at radius 1 is 1.28 bits per heavy atom. The van der Waals surface area contributed by atoms with Crippen LogP contribution in [0.5, 0.6) is 0 Å². The molecule has 0 aliphatic carbocycles. The highest BCUT2D eigenvalue weighted by atomic mass is 35.5. The largest absolute Gasteiger partial charge is 0.416 e. The third kappa shape index (κ3) is 3.96. The van der Waals surface area contributed by atoms with Crippen molar-refractivity contribution in [3.63, 3.8) is 0 Å². The van der Waals surface area contributed by atoms with Gasteiger partial charge in [0.1, 0.15) is 17.0 Å². The fraction of sp³-hybridized carbons (Fsp3) is 0.444. The van der Waals surface area contributed by atoms with Crippen molar-refractivity contribution in [1.29, 1.82) is 0 Å². The normalized spacial score (nSPS) is 23.0. The van der Waals surface area contributed by atoms with E-state index in [2.05, 4.69) is 15.8 Å². The summed E-state index contributed by atoms with van der Waals surface area (Å²) < 4.78 is 55.2. The molecule has 6 nitrogen and oxygen atoms in total. The van der Waals surface area contributed by atoms with Crippen molar-refractivity contribution in [1.82, 2.24) is 25.3 Å². The van der Waals surface area contributed by atoms with Crippen LogP contribution in [0.1, 0.15) is 22.6 Å². The van der Waals surface area contributed by atoms with Gasteiger partial charge in [-0.1, -0.05) is 0 Å². The number of hydrogen-bond acceptors (Lipinski definition) is 4. The van der Waals surface area contributed by atoms with E-state index in [0.717, 1.165) is 18.2 Å². The first kappa shape index (κ1) is 20.1. The minimum absolute atomic E-state index is 0.0782. The number of hydrogen-bond donors (Lipinski definition) is 2. The molecule has 0 radical (unpaired) electrons. The van der Waals surface area contributed by atoms with Crippen molar-refractivity contribution in [2.75, 3.05) is 13.1 Å². The molecular weight excluding hydrogens is 414 g/mol. The molecule has 1 saturated heterocycles. The maximum absolute atomic E-state index is 13.6. The molecule has 29 heavy (non-hydrogen) atoms. The number of alkyl halides is 4. The predicted molar refractivity (Wildman–Crippen MR) is 96.4 cm³/mol. The lowest BCUT2D eigenvalue weighted by molar-refractivity contribution is -0.138. The number of nitrogens with zero attached hydrogens (tertiary/aromatic N) is 3. The minimum Gasteiger partial charge on any atom is -0.329 e. The topological polar surface area (TPSA) is 62.2 Å². The molecule has 156 valence electrons. The van der Waals surface area contributed by atoms with E-state index < -0.39 is 22.9 Å². The smallest absolute Gasteiger partial charge is 0.329 e. The number of nitrogens with one attached hydrogen (secondary N) is 2. The first-order valence-corrected chi connectivity index (χ1v) is 9.47. The summed E-state index contributed by atoms with van der Waals surface area (Å²) in [4.78, 5) is 18.1. The first-order chi connectivity index (χ1) is 13.7. The molecule has 3 heterocycles. The summed E-state index contributed by atoms with van der Waals surface area (Å²) in [5.41, 5.74) is 4.89. The zero-order valence-electron chi connectivity index (χ0n) is 15.1. The van der Waals surface area contributed by atoms with Crippen molar-refractivity contribution in [2.24, 2.45) is 0 Å². The van der Waals surface area contributed by atoms with E-state index in [4.69, 9.17) is 11.6 Å². The van der Waals surface area contributed by atoms with E-state index in [1.807, 2.05) is 9.47 Å². The summed E-state index contributed by atoms with van der Waals surface area (Å²) in [6.07, 6.45) is -3.12. The fourth-order valence-corrected chi connectivity index (χ4v) is 4.15. The van der Waals surface area contributed by atoms with Crippen LogP contribution in [0.15, 0.2) is 24.4 Å². The van der Waals surface area contributed by atoms with Crippen molar-refractivity contribution in [3.05, 3.63) is 52.9 Å². The summed E-state index contributed by atoms with van der Waals surface area (Å²) in [5.74, 6) is -0.344. The average Bonchev–Trinajstić information content (AvgIpc) is 3.05. The molecule has 2 atom stereocenters. The highest BCUT2D eigenvalue weighted by Crippen LogP contribution is 2.33. The molecule has 4 rings (SSSR count). The molecule has 2 N–H and O–H groups in total. The van der Waals surface area contributed by atoms with E-state index in [0.29, 0.717) is 37.7 Å². The van der Waals surface area contributed by atoms with Crippen molar-refractivity contribution in [3.8, 4) is 0 Å². The lowest BCUT2D eigenvalue weighted by Gasteiger charge is -2.39. The van der Waals surface area contributed by atoms with Gasteiger partial charge in [0.2, 0.25) is 0 Å². The summed E-state index contributed by atoms with van der Waals surface area (Å²) in [7, 11) is 0. The van der Waals surface area contributed by atoms with Crippen LogP contribution >= 0.6 is 11.6 Å². The molecule has 2 aliphatic heterocycles. The Labute approximate surface area is 168 Å². The summed E-state index contributed by atoms with van der Waals surface area (Å²) in [6, 6.07) is 2.27. The second kappa shape index (κ2) is 7.58. The molecular formula is C18H18ClF4N5O. The van der Waals surface area contributed by atoms with Gasteiger partial charge in [-0.2, -0.15) is 13.2 Å². The van der Waals surface area contributed by atoms with Gasteiger partial charge in [0.25, 0.3) is 5.91 Å². The van der Waals surface area contributed by atoms with E-state index >= 15 is 0 Å². The van der Waals surface area contributed by atoms with Crippen LogP contribution in [0.4, 0.5) is 17.6 Å². The summed E-state index contributed by atoms with van der Waals surface area (Å²) in [5, 5.41) is -0.709. The Hall–Kier alpha value is -2.17. The first-order valence-electron chi connectivity index (χ1n) is 9.04. The molecule has 1 aromatic heterocycles.